The van der Waals surface area contributed by atoms with E-state index in [9.17, 15) is 5.11 Å². The van der Waals surface area contributed by atoms with Crippen molar-refractivity contribution in [3.8, 4) is 0 Å². The molecule has 0 radical (unpaired) electrons. The summed E-state index contributed by atoms with van der Waals surface area (Å²) in [5.41, 5.74) is 2.01. The molecule has 1 saturated heterocycles. The van der Waals surface area contributed by atoms with E-state index in [1.165, 1.54) is 0 Å². The number of aromatic nitrogens is 1. The van der Waals surface area contributed by atoms with Crippen molar-refractivity contribution in [1.29, 1.82) is 0 Å². The van der Waals surface area contributed by atoms with Crippen molar-refractivity contribution >= 4 is 0 Å². The Bertz CT molecular complexity index is 344. The number of aliphatic hydroxyl groups excluding tert-OH is 1. The van der Waals surface area contributed by atoms with Crippen molar-refractivity contribution in [2.45, 2.75) is 32.0 Å². The predicted octanol–water partition coefficient (Wildman–Crippen LogP) is 0.629. The number of hydrogen-bond acceptors (Lipinski definition) is 4. The number of nitrogens with one attached hydrogen (secondary N) is 1. The number of pyridine rings is 1. The number of ether oxygens (including phenoxy) is 1. The first-order chi connectivity index (χ1) is 7.75. The highest BCUT2D eigenvalue weighted by atomic mass is 16.5. The topological polar surface area (TPSA) is 54.4 Å². The van der Waals surface area contributed by atoms with Gasteiger partial charge in [0, 0.05) is 18.8 Å². The molecule has 4 nitrogen and oxygen atoms in total. The lowest BCUT2D eigenvalue weighted by molar-refractivity contribution is -0.0160. The van der Waals surface area contributed by atoms with Crippen LogP contribution in [0.1, 0.15) is 17.8 Å². The monoisotopic (exact) mass is 222 g/mol. The summed E-state index contributed by atoms with van der Waals surface area (Å²) >= 11 is 0. The second-order valence-corrected chi connectivity index (χ2v) is 4.19. The van der Waals surface area contributed by atoms with Crippen molar-refractivity contribution in [1.82, 2.24) is 10.3 Å². The van der Waals surface area contributed by atoms with E-state index in [2.05, 4.69) is 10.3 Å². The summed E-state index contributed by atoms with van der Waals surface area (Å²) in [5.74, 6) is 0. The smallest absolute Gasteiger partial charge is 0.0737 e. The van der Waals surface area contributed by atoms with E-state index >= 15 is 0 Å². The molecule has 2 rings (SSSR count). The molecule has 2 atom stereocenters. The third-order valence-corrected chi connectivity index (χ3v) is 2.81. The van der Waals surface area contributed by atoms with Gasteiger partial charge in [0.05, 0.1) is 24.4 Å². The summed E-state index contributed by atoms with van der Waals surface area (Å²) in [6, 6.07) is 5.97. The Morgan fingerprint density at radius 1 is 1.56 bits per heavy atom. The summed E-state index contributed by atoms with van der Waals surface area (Å²) in [4.78, 5) is 4.40. The van der Waals surface area contributed by atoms with Crippen LogP contribution < -0.4 is 5.32 Å². The van der Waals surface area contributed by atoms with Gasteiger partial charge in [0.2, 0.25) is 0 Å². The van der Waals surface area contributed by atoms with Crippen LogP contribution in [-0.4, -0.2) is 35.5 Å². The molecule has 0 unspecified atom stereocenters. The Labute approximate surface area is 95.7 Å². The molecule has 1 aliphatic heterocycles. The highest BCUT2D eigenvalue weighted by Gasteiger charge is 2.22. The van der Waals surface area contributed by atoms with E-state index in [1.807, 2.05) is 25.1 Å². The maximum atomic E-state index is 9.74. The molecular weight excluding hydrogens is 204 g/mol. The van der Waals surface area contributed by atoms with Crippen molar-refractivity contribution in [3.05, 3.63) is 29.6 Å². The Morgan fingerprint density at radius 2 is 2.44 bits per heavy atom. The van der Waals surface area contributed by atoms with Gasteiger partial charge in [-0.25, -0.2) is 0 Å². The van der Waals surface area contributed by atoms with E-state index in [4.69, 9.17) is 4.74 Å². The molecule has 0 spiro atoms. The largest absolute Gasteiger partial charge is 0.391 e. The third kappa shape index (κ3) is 3.01. The second kappa shape index (κ2) is 5.39. The van der Waals surface area contributed by atoms with Gasteiger partial charge < -0.3 is 15.2 Å². The minimum atomic E-state index is -0.307. The zero-order valence-corrected chi connectivity index (χ0v) is 9.52. The van der Waals surface area contributed by atoms with E-state index in [0.717, 1.165) is 11.4 Å². The molecule has 2 N–H and O–H groups in total. The van der Waals surface area contributed by atoms with Crippen molar-refractivity contribution in [3.63, 3.8) is 0 Å². The summed E-state index contributed by atoms with van der Waals surface area (Å²) in [5, 5.41) is 13.0. The fraction of sp³-hybridized carbons (Fsp3) is 0.583. The molecule has 0 aromatic carbocycles. The minimum Gasteiger partial charge on any atom is -0.391 e. The van der Waals surface area contributed by atoms with Gasteiger partial charge in [-0.2, -0.15) is 0 Å². The maximum absolute atomic E-state index is 9.74. The fourth-order valence-electron chi connectivity index (χ4n) is 1.86. The first kappa shape index (κ1) is 11.5. The van der Waals surface area contributed by atoms with Crippen LogP contribution in [-0.2, 0) is 11.3 Å². The molecule has 4 heteroatoms. The molecule has 0 aliphatic carbocycles. The van der Waals surface area contributed by atoms with Gasteiger partial charge in [0.1, 0.15) is 0 Å². The van der Waals surface area contributed by atoms with E-state index in [1.54, 1.807) is 0 Å². The average Bonchev–Trinajstić information content (AvgIpc) is 2.28. The third-order valence-electron chi connectivity index (χ3n) is 2.81. The van der Waals surface area contributed by atoms with Gasteiger partial charge in [0.25, 0.3) is 0 Å². The molecule has 0 saturated carbocycles. The van der Waals surface area contributed by atoms with E-state index in [-0.39, 0.29) is 12.1 Å². The SMILES string of the molecule is Cc1cccc(CN[C@@H]2COCC[C@H]2O)n1. The number of nitrogens with zero attached hydrogens (tertiary/aromatic N) is 1. The highest BCUT2D eigenvalue weighted by molar-refractivity contribution is 5.09. The Balaban J connectivity index is 1.86. The van der Waals surface area contributed by atoms with Gasteiger partial charge in [-0.1, -0.05) is 6.07 Å². The number of aliphatic hydroxyl groups is 1. The molecular formula is C12H18N2O2. The molecule has 1 aromatic heterocycles. The number of hydrogen-bond donors (Lipinski definition) is 2. The minimum absolute atomic E-state index is 0.0241. The summed E-state index contributed by atoms with van der Waals surface area (Å²) in [7, 11) is 0. The Hall–Kier alpha value is -0.970. The van der Waals surface area contributed by atoms with Gasteiger partial charge in [0.15, 0.2) is 0 Å². The lowest BCUT2D eigenvalue weighted by Crippen LogP contribution is -2.46. The quantitative estimate of drug-likeness (QED) is 0.787. The molecule has 88 valence electrons. The molecule has 1 aliphatic rings. The Kier molecular flexibility index (Phi) is 3.88. The van der Waals surface area contributed by atoms with Crippen molar-refractivity contribution in [2.24, 2.45) is 0 Å². The van der Waals surface area contributed by atoms with Crippen LogP contribution in [0.2, 0.25) is 0 Å². The maximum Gasteiger partial charge on any atom is 0.0737 e. The van der Waals surface area contributed by atoms with Crippen molar-refractivity contribution in [2.75, 3.05) is 13.2 Å². The first-order valence-corrected chi connectivity index (χ1v) is 5.67. The average molecular weight is 222 g/mol. The molecule has 1 aromatic rings. The van der Waals surface area contributed by atoms with Gasteiger partial charge in [-0.15, -0.1) is 0 Å². The van der Waals surface area contributed by atoms with E-state index in [0.29, 0.717) is 26.2 Å². The molecule has 2 heterocycles. The molecule has 1 fully saturated rings. The van der Waals surface area contributed by atoms with Crippen LogP contribution in [0.25, 0.3) is 0 Å². The lowest BCUT2D eigenvalue weighted by atomic mass is 10.1. The predicted molar refractivity (Wildman–Crippen MR) is 61.0 cm³/mol. The highest BCUT2D eigenvalue weighted by Crippen LogP contribution is 2.08. The first-order valence-electron chi connectivity index (χ1n) is 5.67. The lowest BCUT2D eigenvalue weighted by Gasteiger charge is -2.28. The van der Waals surface area contributed by atoms with Gasteiger partial charge in [-0.05, 0) is 25.5 Å². The molecule has 0 amide bonds. The Morgan fingerprint density at radius 3 is 3.19 bits per heavy atom. The van der Waals surface area contributed by atoms with Crippen molar-refractivity contribution < 1.29 is 9.84 Å². The molecule has 0 bridgehead atoms. The summed E-state index contributed by atoms with van der Waals surface area (Å²) in [6.07, 6.45) is 0.400. The zero-order chi connectivity index (χ0) is 11.4. The second-order valence-electron chi connectivity index (χ2n) is 4.19. The van der Waals surface area contributed by atoms with Gasteiger partial charge >= 0.3 is 0 Å². The van der Waals surface area contributed by atoms with Crippen LogP contribution in [0.15, 0.2) is 18.2 Å². The number of rotatable bonds is 3. The van der Waals surface area contributed by atoms with Gasteiger partial charge in [-0.3, -0.25) is 4.98 Å². The van der Waals surface area contributed by atoms with Crippen LogP contribution in [0, 0.1) is 6.92 Å². The fourth-order valence-corrected chi connectivity index (χ4v) is 1.86. The van der Waals surface area contributed by atoms with Crippen LogP contribution >= 0.6 is 0 Å². The van der Waals surface area contributed by atoms with Crippen LogP contribution in [0.3, 0.4) is 0 Å². The number of aryl methyl sites for hydroxylation is 1. The standard InChI is InChI=1S/C12H18N2O2/c1-9-3-2-4-10(14-9)7-13-11-8-16-6-5-12(11)15/h2-4,11-13,15H,5-8H2,1H3/t11-,12-/m1/s1. The zero-order valence-electron chi connectivity index (χ0n) is 9.52. The molecule has 16 heavy (non-hydrogen) atoms. The summed E-state index contributed by atoms with van der Waals surface area (Å²) in [6.45, 7) is 3.88. The van der Waals surface area contributed by atoms with E-state index < -0.39 is 0 Å². The normalized spacial score (nSPS) is 25.6. The summed E-state index contributed by atoms with van der Waals surface area (Å²) < 4.78 is 5.32. The van der Waals surface area contributed by atoms with Crippen LogP contribution in [0.5, 0.6) is 0 Å². The van der Waals surface area contributed by atoms with Crippen LogP contribution in [0.4, 0.5) is 0 Å².